The average Bonchev–Trinajstić information content (AvgIpc) is 2.07. The largest absolute Gasteiger partial charge is 0.107 e. The third-order valence-corrected chi connectivity index (χ3v) is 1.42. The van der Waals surface area contributed by atoms with Crippen LogP contribution in [0.4, 0.5) is 0 Å². The fraction of sp³-hybridized carbons (Fsp3) is 0.182. The van der Waals surface area contributed by atoms with Crippen molar-refractivity contribution in [2.75, 3.05) is 0 Å². The first-order valence-electron chi connectivity index (χ1n) is 3.71. The van der Waals surface area contributed by atoms with Crippen molar-refractivity contribution in [3.8, 4) is 11.8 Å². The molecule has 55 valence electrons. The first-order valence-corrected chi connectivity index (χ1v) is 3.71. The predicted molar refractivity (Wildman–Crippen MR) is 47.9 cm³/mol. The summed E-state index contributed by atoms with van der Waals surface area (Å²) in [5.74, 6) is 5.85. The molecular weight excluding hydrogens is 132 g/mol. The molecule has 1 aromatic carbocycles. The summed E-state index contributed by atoms with van der Waals surface area (Å²) in [6, 6.07) is 10.2. The SMILES string of the molecule is CC#CC[CH]c1ccccc1. The highest BCUT2D eigenvalue weighted by Crippen LogP contribution is 2.03. The van der Waals surface area contributed by atoms with Crippen LogP contribution in [0.5, 0.6) is 0 Å². The van der Waals surface area contributed by atoms with E-state index in [4.69, 9.17) is 0 Å². The predicted octanol–water partition coefficient (Wildman–Crippen LogP) is 2.65. The van der Waals surface area contributed by atoms with Gasteiger partial charge in [0, 0.05) is 12.8 Å². The van der Waals surface area contributed by atoms with E-state index >= 15 is 0 Å². The minimum absolute atomic E-state index is 0.848. The van der Waals surface area contributed by atoms with Crippen LogP contribution in [0.15, 0.2) is 30.3 Å². The van der Waals surface area contributed by atoms with Crippen molar-refractivity contribution in [2.24, 2.45) is 0 Å². The molecule has 0 saturated carbocycles. The van der Waals surface area contributed by atoms with Gasteiger partial charge in [-0.15, -0.1) is 11.8 Å². The van der Waals surface area contributed by atoms with Gasteiger partial charge in [0.15, 0.2) is 0 Å². The molecule has 0 spiro atoms. The van der Waals surface area contributed by atoms with Gasteiger partial charge in [0.2, 0.25) is 0 Å². The molecule has 1 aromatic rings. The summed E-state index contributed by atoms with van der Waals surface area (Å²) in [5, 5.41) is 0. The highest BCUT2D eigenvalue weighted by atomic mass is 13.9. The van der Waals surface area contributed by atoms with E-state index in [2.05, 4.69) is 30.4 Å². The molecule has 0 unspecified atom stereocenters. The van der Waals surface area contributed by atoms with Gasteiger partial charge in [-0.3, -0.25) is 0 Å². The molecule has 0 amide bonds. The van der Waals surface area contributed by atoms with E-state index < -0.39 is 0 Å². The van der Waals surface area contributed by atoms with Gasteiger partial charge in [0.1, 0.15) is 0 Å². The van der Waals surface area contributed by atoms with Gasteiger partial charge >= 0.3 is 0 Å². The maximum absolute atomic E-state index is 2.99. The van der Waals surface area contributed by atoms with Crippen molar-refractivity contribution < 1.29 is 0 Å². The zero-order valence-electron chi connectivity index (χ0n) is 6.67. The lowest BCUT2D eigenvalue weighted by molar-refractivity contribution is 1.28. The third-order valence-electron chi connectivity index (χ3n) is 1.42. The molecule has 1 radical (unpaired) electrons. The van der Waals surface area contributed by atoms with Crippen LogP contribution < -0.4 is 0 Å². The van der Waals surface area contributed by atoms with Crippen LogP contribution in [0.2, 0.25) is 0 Å². The van der Waals surface area contributed by atoms with Crippen molar-refractivity contribution in [1.29, 1.82) is 0 Å². The first kappa shape index (κ1) is 7.88. The summed E-state index contributed by atoms with van der Waals surface area (Å²) < 4.78 is 0. The summed E-state index contributed by atoms with van der Waals surface area (Å²) in [4.78, 5) is 0. The van der Waals surface area contributed by atoms with Crippen LogP contribution in [-0.2, 0) is 0 Å². The molecule has 0 aliphatic rings. The Morgan fingerprint density at radius 1 is 1.27 bits per heavy atom. The van der Waals surface area contributed by atoms with E-state index in [0.29, 0.717) is 0 Å². The van der Waals surface area contributed by atoms with Gasteiger partial charge in [-0.05, 0) is 12.5 Å². The van der Waals surface area contributed by atoms with E-state index in [1.807, 2.05) is 25.1 Å². The lowest BCUT2D eigenvalue weighted by atomic mass is 10.1. The second kappa shape index (κ2) is 4.57. The minimum Gasteiger partial charge on any atom is -0.107 e. The quantitative estimate of drug-likeness (QED) is 0.558. The second-order valence-corrected chi connectivity index (χ2v) is 2.25. The van der Waals surface area contributed by atoms with Crippen molar-refractivity contribution >= 4 is 0 Å². The Morgan fingerprint density at radius 2 is 2.00 bits per heavy atom. The number of hydrogen-bond acceptors (Lipinski definition) is 0. The Hall–Kier alpha value is -1.22. The Labute approximate surface area is 68.3 Å². The van der Waals surface area contributed by atoms with Gasteiger partial charge in [-0.1, -0.05) is 30.3 Å². The standard InChI is InChI=1S/C11H11/c1-2-3-5-8-11-9-6-4-7-10-11/h4,6-10H,5H2,1H3. The molecule has 1 rings (SSSR count). The highest BCUT2D eigenvalue weighted by molar-refractivity contribution is 5.24. The number of hydrogen-bond donors (Lipinski definition) is 0. The molecule has 0 nitrogen and oxygen atoms in total. The van der Waals surface area contributed by atoms with Gasteiger partial charge in [-0.2, -0.15) is 0 Å². The summed E-state index contributed by atoms with van der Waals surface area (Å²) >= 11 is 0. The zero-order valence-corrected chi connectivity index (χ0v) is 6.67. The van der Waals surface area contributed by atoms with Crippen LogP contribution in [0.25, 0.3) is 0 Å². The van der Waals surface area contributed by atoms with E-state index in [-0.39, 0.29) is 0 Å². The Morgan fingerprint density at radius 3 is 2.64 bits per heavy atom. The molecular formula is C11H11. The van der Waals surface area contributed by atoms with Gasteiger partial charge in [0.25, 0.3) is 0 Å². The Balaban J connectivity index is 2.43. The van der Waals surface area contributed by atoms with Crippen LogP contribution >= 0.6 is 0 Å². The van der Waals surface area contributed by atoms with Crippen LogP contribution in [0.3, 0.4) is 0 Å². The normalized spacial score (nSPS) is 8.45. The number of rotatable bonds is 2. The maximum atomic E-state index is 2.99. The fourth-order valence-electron chi connectivity index (χ4n) is 0.860. The van der Waals surface area contributed by atoms with Crippen molar-refractivity contribution in [1.82, 2.24) is 0 Å². The monoisotopic (exact) mass is 143 g/mol. The first-order chi connectivity index (χ1) is 5.43. The Bertz CT molecular complexity index is 248. The molecule has 0 heterocycles. The fourth-order valence-corrected chi connectivity index (χ4v) is 0.860. The summed E-state index contributed by atoms with van der Waals surface area (Å²) in [7, 11) is 0. The van der Waals surface area contributed by atoms with Gasteiger partial charge in [-0.25, -0.2) is 0 Å². The summed E-state index contributed by atoms with van der Waals surface area (Å²) in [6.45, 7) is 1.86. The molecule has 11 heavy (non-hydrogen) atoms. The molecule has 0 saturated heterocycles. The third kappa shape index (κ3) is 2.91. The van der Waals surface area contributed by atoms with Gasteiger partial charge < -0.3 is 0 Å². The lowest BCUT2D eigenvalue weighted by Crippen LogP contribution is -1.77. The zero-order chi connectivity index (χ0) is 7.94. The van der Waals surface area contributed by atoms with Crippen LogP contribution in [0, 0.1) is 18.3 Å². The topological polar surface area (TPSA) is 0 Å². The van der Waals surface area contributed by atoms with E-state index in [1.54, 1.807) is 0 Å². The highest BCUT2D eigenvalue weighted by Gasteiger charge is 1.87. The van der Waals surface area contributed by atoms with Crippen molar-refractivity contribution in [3.63, 3.8) is 0 Å². The van der Waals surface area contributed by atoms with E-state index in [9.17, 15) is 0 Å². The summed E-state index contributed by atoms with van der Waals surface area (Å²) in [6.07, 6.45) is 2.97. The smallest absolute Gasteiger partial charge is 0.0164 e. The van der Waals surface area contributed by atoms with Crippen molar-refractivity contribution in [2.45, 2.75) is 13.3 Å². The molecule has 0 bridgehead atoms. The van der Waals surface area contributed by atoms with E-state index in [1.165, 1.54) is 5.56 Å². The summed E-state index contributed by atoms with van der Waals surface area (Å²) in [5.41, 5.74) is 1.25. The van der Waals surface area contributed by atoms with Crippen LogP contribution in [-0.4, -0.2) is 0 Å². The number of benzene rings is 1. The lowest BCUT2D eigenvalue weighted by Gasteiger charge is -1.93. The molecule has 0 atom stereocenters. The molecule has 0 heteroatoms. The molecule has 0 N–H and O–H groups in total. The molecule has 0 aliphatic heterocycles. The average molecular weight is 143 g/mol. The maximum Gasteiger partial charge on any atom is 0.0164 e. The van der Waals surface area contributed by atoms with E-state index in [0.717, 1.165) is 6.42 Å². The minimum atomic E-state index is 0.848. The Kier molecular flexibility index (Phi) is 3.28. The molecule has 0 fully saturated rings. The second-order valence-electron chi connectivity index (χ2n) is 2.25. The molecule has 0 aliphatic carbocycles. The van der Waals surface area contributed by atoms with Gasteiger partial charge in [0.05, 0.1) is 0 Å². The van der Waals surface area contributed by atoms with Crippen LogP contribution in [0.1, 0.15) is 18.9 Å². The molecule has 0 aromatic heterocycles. The van der Waals surface area contributed by atoms with Crippen molar-refractivity contribution in [3.05, 3.63) is 42.3 Å².